The van der Waals surface area contributed by atoms with Gasteiger partial charge in [-0.2, -0.15) is 0 Å². The molecule has 3 nitrogen and oxygen atoms in total. The molecule has 0 aliphatic rings. The Hall–Kier alpha value is -2.10. The van der Waals surface area contributed by atoms with Gasteiger partial charge in [0.05, 0.1) is 12.2 Å². The van der Waals surface area contributed by atoms with Crippen molar-refractivity contribution in [3.63, 3.8) is 0 Å². The van der Waals surface area contributed by atoms with E-state index in [-0.39, 0.29) is 17.6 Å². The van der Waals surface area contributed by atoms with Crippen molar-refractivity contribution in [3.8, 4) is 0 Å². The van der Waals surface area contributed by atoms with Crippen molar-refractivity contribution in [2.75, 3.05) is 6.54 Å². The molecule has 2 rings (SSSR count). The van der Waals surface area contributed by atoms with E-state index in [1.165, 1.54) is 12.1 Å². The Morgan fingerprint density at radius 2 is 2.00 bits per heavy atom. The van der Waals surface area contributed by atoms with Crippen molar-refractivity contribution in [2.45, 2.75) is 38.5 Å². The predicted molar refractivity (Wildman–Crippen MR) is 84.1 cm³/mol. The number of halogens is 1. The fourth-order valence-electron chi connectivity index (χ4n) is 2.40. The quantitative estimate of drug-likeness (QED) is 0.747. The van der Waals surface area contributed by atoms with Crippen LogP contribution < -0.4 is 5.32 Å². The van der Waals surface area contributed by atoms with Crippen molar-refractivity contribution in [2.24, 2.45) is 0 Å². The van der Waals surface area contributed by atoms with Crippen LogP contribution in [0.5, 0.6) is 0 Å². The lowest BCUT2D eigenvalue weighted by Gasteiger charge is -2.16. The summed E-state index contributed by atoms with van der Waals surface area (Å²) >= 11 is 0. The van der Waals surface area contributed by atoms with Gasteiger partial charge in [0.15, 0.2) is 0 Å². The van der Waals surface area contributed by atoms with Crippen LogP contribution in [0.25, 0.3) is 0 Å². The number of carbonyl (C=O) groups is 1. The first-order valence-corrected chi connectivity index (χ1v) is 7.76. The molecule has 0 fully saturated rings. The summed E-state index contributed by atoms with van der Waals surface area (Å²) in [5, 5.41) is 2.97. The molecule has 1 heterocycles. The van der Waals surface area contributed by atoms with Crippen molar-refractivity contribution < 1.29 is 13.6 Å². The van der Waals surface area contributed by atoms with Crippen LogP contribution in [0.1, 0.15) is 43.4 Å². The lowest BCUT2D eigenvalue weighted by atomic mass is 9.93. The molecule has 0 saturated heterocycles. The molecule has 1 amide bonds. The lowest BCUT2D eigenvalue weighted by Crippen LogP contribution is -2.31. The van der Waals surface area contributed by atoms with Crippen LogP contribution in [0.3, 0.4) is 0 Å². The van der Waals surface area contributed by atoms with Crippen LogP contribution in [-0.4, -0.2) is 12.5 Å². The highest BCUT2D eigenvalue weighted by atomic mass is 19.1. The number of amides is 1. The van der Waals surface area contributed by atoms with Gasteiger partial charge in [-0.25, -0.2) is 4.39 Å². The Morgan fingerprint density at radius 1 is 1.23 bits per heavy atom. The molecule has 1 aromatic carbocycles. The zero-order valence-electron chi connectivity index (χ0n) is 12.8. The van der Waals surface area contributed by atoms with Gasteiger partial charge in [0.25, 0.3) is 0 Å². The number of hydrogen-bond donors (Lipinski definition) is 1. The summed E-state index contributed by atoms with van der Waals surface area (Å²) in [7, 11) is 0. The number of unbranched alkanes of at least 4 members (excludes halogenated alkanes) is 2. The molecule has 1 aromatic heterocycles. The van der Waals surface area contributed by atoms with Gasteiger partial charge in [-0.15, -0.1) is 0 Å². The number of furan rings is 1. The minimum Gasteiger partial charge on any atom is -0.469 e. The first kappa shape index (κ1) is 16.3. The van der Waals surface area contributed by atoms with Crippen LogP contribution in [0.15, 0.2) is 47.1 Å². The summed E-state index contributed by atoms with van der Waals surface area (Å²) in [6.45, 7) is 2.79. The van der Waals surface area contributed by atoms with Crippen molar-refractivity contribution in [1.82, 2.24) is 5.32 Å². The lowest BCUT2D eigenvalue weighted by molar-refractivity contribution is -0.122. The Morgan fingerprint density at radius 3 is 2.64 bits per heavy atom. The molecule has 0 radical (unpaired) electrons. The van der Waals surface area contributed by atoms with E-state index in [1.54, 1.807) is 24.5 Å². The van der Waals surface area contributed by atoms with Crippen molar-refractivity contribution in [1.29, 1.82) is 0 Å². The molecular weight excluding hydrogens is 281 g/mol. The molecule has 0 saturated carbocycles. The van der Waals surface area contributed by atoms with Crippen molar-refractivity contribution in [3.05, 3.63) is 59.8 Å². The highest BCUT2D eigenvalue weighted by Crippen LogP contribution is 2.22. The molecule has 0 aliphatic carbocycles. The monoisotopic (exact) mass is 303 g/mol. The highest BCUT2D eigenvalue weighted by molar-refractivity contribution is 5.83. The molecule has 2 aromatic rings. The van der Waals surface area contributed by atoms with E-state index in [4.69, 9.17) is 4.42 Å². The van der Waals surface area contributed by atoms with E-state index in [0.29, 0.717) is 13.0 Å². The second kappa shape index (κ2) is 8.37. The Balaban J connectivity index is 2.07. The second-order valence-electron chi connectivity index (χ2n) is 5.39. The van der Waals surface area contributed by atoms with Gasteiger partial charge in [-0.1, -0.05) is 31.9 Å². The van der Waals surface area contributed by atoms with E-state index in [0.717, 1.165) is 30.6 Å². The zero-order chi connectivity index (χ0) is 15.8. The predicted octanol–water partition coefficient (Wildman–Crippen LogP) is 4.05. The minimum atomic E-state index is -0.367. The number of hydrogen-bond acceptors (Lipinski definition) is 2. The van der Waals surface area contributed by atoms with E-state index in [2.05, 4.69) is 12.2 Å². The van der Waals surface area contributed by atoms with Crippen LogP contribution in [0.2, 0.25) is 0 Å². The maximum absolute atomic E-state index is 13.1. The molecular formula is C18H22FNO2. The molecule has 0 spiro atoms. The van der Waals surface area contributed by atoms with E-state index >= 15 is 0 Å². The van der Waals surface area contributed by atoms with Crippen LogP contribution in [0.4, 0.5) is 4.39 Å². The summed E-state index contributed by atoms with van der Waals surface area (Å²) in [6.07, 6.45) is 5.25. The van der Waals surface area contributed by atoms with Gasteiger partial charge < -0.3 is 9.73 Å². The topological polar surface area (TPSA) is 42.2 Å². The molecule has 0 aliphatic heterocycles. The molecule has 1 unspecified atom stereocenters. The highest BCUT2D eigenvalue weighted by Gasteiger charge is 2.22. The summed E-state index contributed by atoms with van der Waals surface area (Å²) in [4.78, 5) is 12.5. The third-order valence-corrected chi connectivity index (χ3v) is 3.65. The first-order chi connectivity index (χ1) is 10.7. The molecule has 4 heteroatoms. The fourth-order valence-corrected chi connectivity index (χ4v) is 2.40. The SMILES string of the molecule is CCCCCNC(=O)C(Cc1ccco1)c1ccc(F)cc1. The van der Waals surface area contributed by atoms with E-state index in [9.17, 15) is 9.18 Å². The fraction of sp³-hybridized carbons (Fsp3) is 0.389. The van der Waals surface area contributed by atoms with Crippen LogP contribution in [0, 0.1) is 5.82 Å². The summed E-state index contributed by atoms with van der Waals surface area (Å²) in [5.74, 6) is 0.0365. The molecule has 22 heavy (non-hydrogen) atoms. The second-order valence-corrected chi connectivity index (χ2v) is 5.39. The normalized spacial score (nSPS) is 12.1. The average Bonchev–Trinajstić information content (AvgIpc) is 3.03. The number of rotatable bonds is 8. The Bertz CT molecular complexity index is 563. The van der Waals surface area contributed by atoms with E-state index in [1.807, 2.05) is 6.07 Å². The first-order valence-electron chi connectivity index (χ1n) is 7.76. The van der Waals surface area contributed by atoms with Gasteiger partial charge in [0, 0.05) is 13.0 Å². The third kappa shape index (κ3) is 4.72. The average molecular weight is 303 g/mol. The van der Waals surface area contributed by atoms with E-state index < -0.39 is 0 Å². The Labute approximate surface area is 130 Å². The van der Waals surface area contributed by atoms with Gasteiger partial charge in [0.1, 0.15) is 11.6 Å². The summed E-state index contributed by atoms with van der Waals surface area (Å²) in [6, 6.07) is 9.74. The van der Waals surface area contributed by atoms with Gasteiger partial charge >= 0.3 is 0 Å². The number of carbonyl (C=O) groups excluding carboxylic acids is 1. The maximum atomic E-state index is 13.1. The molecule has 1 N–H and O–H groups in total. The third-order valence-electron chi connectivity index (χ3n) is 3.65. The van der Waals surface area contributed by atoms with Gasteiger partial charge in [-0.05, 0) is 36.2 Å². The smallest absolute Gasteiger partial charge is 0.228 e. The molecule has 1 atom stereocenters. The van der Waals surface area contributed by atoms with Crippen LogP contribution >= 0.6 is 0 Å². The largest absolute Gasteiger partial charge is 0.469 e. The zero-order valence-corrected chi connectivity index (χ0v) is 12.8. The summed E-state index contributed by atoms with van der Waals surface area (Å²) < 4.78 is 18.4. The number of nitrogens with one attached hydrogen (secondary N) is 1. The maximum Gasteiger partial charge on any atom is 0.228 e. The van der Waals surface area contributed by atoms with Gasteiger partial charge in [-0.3, -0.25) is 4.79 Å². The van der Waals surface area contributed by atoms with Gasteiger partial charge in [0.2, 0.25) is 5.91 Å². The molecule has 118 valence electrons. The number of benzene rings is 1. The minimum absolute atomic E-state index is 0.0425. The van der Waals surface area contributed by atoms with Crippen molar-refractivity contribution >= 4 is 5.91 Å². The molecule has 0 bridgehead atoms. The summed E-state index contributed by atoms with van der Waals surface area (Å²) in [5.41, 5.74) is 0.797. The standard InChI is InChI=1S/C18H22FNO2/c1-2-3-4-11-20-18(21)17(13-16-6-5-12-22-16)14-7-9-15(19)10-8-14/h5-10,12,17H,2-4,11,13H2,1H3,(H,20,21). The van der Waals surface area contributed by atoms with Crippen LogP contribution in [-0.2, 0) is 11.2 Å². The Kier molecular flexibility index (Phi) is 6.19.